The molecule has 6 nitrogen and oxygen atoms in total. The van der Waals surface area contributed by atoms with E-state index in [1.807, 2.05) is 31.2 Å². The Bertz CT molecular complexity index is 1300. The zero-order chi connectivity index (χ0) is 24.0. The molecular weight excluding hydrogens is 453 g/mol. The Morgan fingerprint density at radius 3 is 2.65 bits per heavy atom. The number of hydrogen-bond donors (Lipinski definition) is 1. The molecule has 0 unspecified atom stereocenters. The third-order valence-corrected chi connectivity index (χ3v) is 8.58. The van der Waals surface area contributed by atoms with Gasteiger partial charge < -0.3 is 9.72 Å². The Morgan fingerprint density at radius 2 is 1.94 bits per heavy atom. The molecule has 34 heavy (non-hydrogen) atoms. The highest BCUT2D eigenvalue weighted by Crippen LogP contribution is 2.43. The van der Waals surface area contributed by atoms with E-state index in [1.165, 1.54) is 23.0 Å². The van der Waals surface area contributed by atoms with Crippen molar-refractivity contribution in [1.29, 1.82) is 0 Å². The molecule has 0 saturated carbocycles. The number of aromatic amines is 1. The summed E-state index contributed by atoms with van der Waals surface area (Å²) < 4.78 is 48.4. The number of nitrogens with zero attached hydrogens (tertiary/aromatic N) is 2. The van der Waals surface area contributed by atoms with E-state index in [0.717, 1.165) is 47.7 Å². The third-order valence-electron chi connectivity index (χ3n) is 7.24. The molecule has 2 aromatic carbocycles. The summed E-state index contributed by atoms with van der Waals surface area (Å²) in [4.78, 5) is 5.72. The molecule has 0 amide bonds. The number of para-hydroxylation sites is 1. The molecule has 2 atom stereocenters. The normalized spacial score (nSPS) is 22.0. The summed E-state index contributed by atoms with van der Waals surface area (Å²) in [5.74, 6) is 0.771. The quantitative estimate of drug-likeness (QED) is 0.541. The molecule has 0 radical (unpaired) electrons. The number of nitrogens with one attached hydrogen (secondary N) is 1. The first-order chi connectivity index (χ1) is 16.3. The molecule has 0 bridgehead atoms. The number of sulfonamides is 1. The van der Waals surface area contributed by atoms with Crippen molar-refractivity contribution in [2.24, 2.45) is 5.92 Å². The topological polar surface area (TPSA) is 65.6 Å². The summed E-state index contributed by atoms with van der Waals surface area (Å²) in [5, 5.41) is 1.05. The van der Waals surface area contributed by atoms with E-state index < -0.39 is 21.9 Å². The second-order valence-electron chi connectivity index (χ2n) is 9.68. The third kappa shape index (κ3) is 4.23. The van der Waals surface area contributed by atoms with E-state index in [0.29, 0.717) is 24.3 Å². The maximum absolute atomic E-state index is 15.5. The number of benzene rings is 2. The van der Waals surface area contributed by atoms with Crippen LogP contribution in [0.1, 0.15) is 43.1 Å². The predicted octanol–water partition coefficient (Wildman–Crippen LogP) is 4.32. The molecule has 5 rings (SSSR count). The van der Waals surface area contributed by atoms with Crippen LogP contribution in [0.3, 0.4) is 0 Å². The monoisotopic (exact) mass is 485 g/mol. The van der Waals surface area contributed by atoms with E-state index in [1.54, 1.807) is 12.1 Å². The van der Waals surface area contributed by atoms with Crippen LogP contribution < -0.4 is 4.74 Å². The first kappa shape index (κ1) is 23.3. The van der Waals surface area contributed by atoms with E-state index in [4.69, 9.17) is 4.74 Å². The smallest absolute Gasteiger partial charge is 0.212 e. The van der Waals surface area contributed by atoms with E-state index in [2.05, 4.69) is 16.8 Å². The number of ether oxygens (including phenoxy) is 1. The molecule has 0 aliphatic carbocycles. The molecule has 1 saturated heterocycles. The van der Waals surface area contributed by atoms with Gasteiger partial charge in [0.05, 0.1) is 12.3 Å². The van der Waals surface area contributed by atoms with Crippen molar-refractivity contribution in [2.75, 3.05) is 32.5 Å². The zero-order valence-electron chi connectivity index (χ0n) is 19.9. The summed E-state index contributed by atoms with van der Waals surface area (Å²) in [7, 11) is -3.60. The predicted molar refractivity (Wildman–Crippen MR) is 132 cm³/mol. The van der Waals surface area contributed by atoms with E-state index in [9.17, 15) is 8.42 Å². The van der Waals surface area contributed by atoms with Crippen LogP contribution in [0.4, 0.5) is 4.39 Å². The van der Waals surface area contributed by atoms with Gasteiger partial charge >= 0.3 is 0 Å². The fraction of sp³-hybridized carbons (Fsp3) is 0.462. The van der Waals surface area contributed by atoms with Gasteiger partial charge in [-0.1, -0.05) is 37.6 Å². The fourth-order valence-corrected chi connectivity index (χ4v) is 6.81. The number of rotatable bonds is 7. The first-order valence-electron chi connectivity index (χ1n) is 12.0. The molecule has 3 heterocycles. The van der Waals surface area contributed by atoms with Gasteiger partial charge in [0.2, 0.25) is 10.0 Å². The lowest BCUT2D eigenvalue weighted by Gasteiger charge is -2.39. The van der Waals surface area contributed by atoms with Crippen LogP contribution in [-0.2, 0) is 16.4 Å². The number of aromatic nitrogens is 1. The molecule has 1 aromatic heterocycles. The lowest BCUT2D eigenvalue weighted by Crippen LogP contribution is -2.47. The van der Waals surface area contributed by atoms with Crippen molar-refractivity contribution < 1.29 is 17.5 Å². The summed E-state index contributed by atoms with van der Waals surface area (Å²) in [6.07, 6.45) is 2.96. The molecule has 182 valence electrons. The van der Waals surface area contributed by atoms with Gasteiger partial charge in [0, 0.05) is 53.9 Å². The van der Waals surface area contributed by atoms with Gasteiger partial charge in [-0.05, 0) is 37.0 Å². The Labute approximate surface area is 200 Å². The molecule has 1 fully saturated rings. The van der Waals surface area contributed by atoms with Crippen LogP contribution in [0.2, 0.25) is 0 Å². The minimum Gasteiger partial charge on any atom is -0.492 e. The van der Waals surface area contributed by atoms with Crippen molar-refractivity contribution in [1.82, 2.24) is 14.2 Å². The van der Waals surface area contributed by atoms with Gasteiger partial charge in [-0.3, -0.25) is 4.90 Å². The molecule has 0 spiro atoms. The molecule has 3 aromatic rings. The second kappa shape index (κ2) is 8.98. The van der Waals surface area contributed by atoms with Gasteiger partial charge in [-0.2, -0.15) is 4.31 Å². The van der Waals surface area contributed by atoms with Crippen molar-refractivity contribution in [3.05, 3.63) is 65.1 Å². The SMILES string of the molecule is CCC1CN(CCOc2ccc([C@@H]3c4[nH]c5ccccc5c4C[C@@H](C)N3S(C)(=O)=O)c(F)c2)C1. The van der Waals surface area contributed by atoms with Crippen molar-refractivity contribution >= 4 is 20.9 Å². The molecular formula is C26H32FN3O3S. The maximum atomic E-state index is 15.5. The minimum absolute atomic E-state index is 0.300. The Morgan fingerprint density at radius 1 is 1.18 bits per heavy atom. The maximum Gasteiger partial charge on any atom is 0.212 e. The van der Waals surface area contributed by atoms with Crippen LogP contribution in [0.5, 0.6) is 5.75 Å². The summed E-state index contributed by atoms with van der Waals surface area (Å²) in [5.41, 5.74) is 3.04. The highest BCUT2D eigenvalue weighted by Gasteiger charge is 2.41. The number of hydrogen-bond acceptors (Lipinski definition) is 4. The Hall–Kier alpha value is -2.42. The highest BCUT2D eigenvalue weighted by molar-refractivity contribution is 7.88. The van der Waals surface area contributed by atoms with Crippen LogP contribution in [-0.4, -0.2) is 61.1 Å². The lowest BCUT2D eigenvalue weighted by molar-refractivity contribution is 0.0805. The Kier molecular flexibility index (Phi) is 6.16. The van der Waals surface area contributed by atoms with Crippen molar-refractivity contribution in [2.45, 2.75) is 38.8 Å². The van der Waals surface area contributed by atoms with Crippen molar-refractivity contribution in [3.63, 3.8) is 0 Å². The molecule has 2 aliphatic heterocycles. The van der Waals surface area contributed by atoms with E-state index in [-0.39, 0.29) is 6.04 Å². The summed E-state index contributed by atoms with van der Waals surface area (Å²) in [6, 6.07) is 11.6. The Balaban J connectivity index is 1.44. The van der Waals surface area contributed by atoms with Gasteiger partial charge in [-0.25, -0.2) is 12.8 Å². The largest absolute Gasteiger partial charge is 0.492 e. The number of likely N-dealkylation sites (tertiary alicyclic amines) is 1. The fourth-order valence-electron chi connectivity index (χ4n) is 5.48. The average Bonchev–Trinajstić information content (AvgIpc) is 3.12. The molecule has 2 aliphatic rings. The zero-order valence-corrected chi connectivity index (χ0v) is 20.7. The molecule has 8 heteroatoms. The number of H-pyrrole nitrogens is 1. The summed E-state index contributed by atoms with van der Waals surface area (Å²) >= 11 is 0. The van der Waals surface area contributed by atoms with E-state index >= 15 is 4.39 Å². The average molecular weight is 486 g/mol. The van der Waals surface area contributed by atoms with Crippen LogP contribution in [0, 0.1) is 11.7 Å². The minimum atomic E-state index is -3.60. The van der Waals surface area contributed by atoms with Crippen LogP contribution in [0.25, 0.3) is 10.9 Å². The lowest BCUT2D eigenvalue weighted by atomic mass is 9.90. The van der Waals surface area contributed by atoms with Gasteiger partial charge in [0.25, 0.3) is 0 Å². The summed E-state index contributed by atoms with van der Waals surface area (Å²) in [6.45, 7) is 7.60. The highest BCUT2D eigenvalue weighted by atomic mass is 32.2. The van der Waals surface area contributed by atoms with Crippen LogP contribution in [0.15, 0.2) is 42.5 Å². The number of halogens is 1. The molecule has 1 N–H and O–H groups in total. The number of fused-ring (bicyclic) bond motifs is 3. The standard InChI is InChI=1S/C26H32FN3O3S/c1-4-18-15-29(16-18)11-12-33-19-9-10-21(23(27)14-19)26-25-22(13-17(2)30(26)34(3,31)32)20-7-5-6-8-24(20)28-25/h5-10,14,17-18,26,28H,4,11-13,15-16H2,1-3H3/t17-,26-/m1/s1. The van der Waals surface area contributed by atoms with Crippen molar-refractivity contribution in [3.8, 4) is 5.75 Å². The van der Waals surface area contributed by atoms with Crippen LogP contribution >= 0.6 is 0 Å². The van der Waals surface area contributed by atoms with Gasteiger partial charge in [-0.15, -0.1) is 0 Å². The van der Waals surface area contributed by atoms with Gasteiger partial charge in [0.1, 0.15) is 18.2 Å². The second-order valence-corrected chi connectivity index (χ2v) is 11.6. The first-order valence-corrected chi connectivity index (χ1v) is 13.8. The van der Waals surface area contributed by atoms with Gasteiger partial charge in [0.15, 0.2) is 0 Å².